The van der Waals surface area contributed by atoms with Gasteiger partial charge in [0.25, 0.3) is 0 Å². The summed E-state index contributed by atoms with van der Waals surface area (Å²) in [7, 11) is 0. The van der Waals surface area contributed by atoms with Gasteiger partial charge in [-0.25, -0.2) is 8.78 Å². The van der Waals surface area contributed by atoms with Gasteiger partial charge in [-0.15, -0.1) is 0 Å². The van der Waals surface area contributed by atoms with E-state index < -0.39 is 11.6 Å². The predicted molar refractivity (Wildman–Crippen MR) is 71.4 cm³/mol. The molecule has 1 aromatic heterocycles. The molecule has 3 aromatic rings. The van der Waals surface area contributed by atoms with Gasteiger partial charge in [0.15, 0.2) is 11.6 Å². The third kappa shape index (κ3) is 1.51. The van der Waals surface area contributed by atoms with E-state index in [1.165, 1.54) is 6.07 Å². The van der Waals surface area contributed by atoms with Crippen molar-refractivity contribution in [1.29, 1.82) is 0 Å². The second kappa shape index (κ2) is 4.00. The zero-order valence-electron chi connectivity index (χ0n) is 10.4. The molecule has 0 amide bonds. The molecular formula is C16H9F2NO. The lowest BCUT2D eigenvalue weighted by Gasteiger charge is -2.22. The fraction of sp³-hybridized carbons (Fsp3) is 0.0625. The van der Waals surface area contributed by atoms with Crippen LogP contribution in [-0.4, -0.2) is 4.98 Å². The molecule has 98 valence electrons. The molecule has 0 aliphatic carbocycles. The Morgan fingerprint density at radius 2 is 1.95 bits per heavy atom. The Morgan fingerprint density at radius 1 is 1.05 bits per heavy atom. The average Bonchev–Trinajstić information content (AvgIpc) is 2.46. The van der Waals surface area contributed by atoms with Gasteiger partial charge in [0.2, 0.25) is 0 Å². The summed E-state index contributed by atoms with van der Waals surface area (Å²) < 4.78 is 32.7. The molecule has 4 heteroatoms. The highest BCUT2D eigenvalue weighted by molar-refractivity contribution is 5.91. The molecular weight excluding hydrogens is 260 g/mol. The summed E-state index contributed by atoms with van der Waals surface area (Å²) in [5, 5.41) is 0.945. The number of nitrogens with zero attached hydrogens (tertiary/aromatic N) is 1. The normalized spacial score (nSPS) is 12.7. The van der Waals surface area contributed by atoms with Gasteiger partial charge < -0.3 is 4.74 Å². The molecule has 0 radical (unpaired) electrons. The van der Waals surface area contributed by atoms with E-state index in [9.17, 15) is 8.78 Å². The molecule has 1 aliphatic rings. The average molecular weight is 269 g/mol. The largest absolute Gasteiger partial charge is 0.485 e. The zero-order chi connectivity index (χ0) is 13.7. The fourth-order valence-corrected chi connectivity index (χ4v) is 2.67. The maximum Gasteiger partial charge on any atom is 0.168 e. The maximum atomic E-state index is 13.8. The van der Waals surface area contributed by atoms with Gasteiger partial charge in [-0.1, -0.05) is 12.1 Å². The minimum Gasteiger partial charge on any atom is -0.485 e. The molecule has 4 rings (SSSR count). The van der Waals surface area contributed by atoms with Crippen LogP contribution in [0.1, 0.15) is 5.56 Å². The molecule has 20 heavy (non-hydrogen) atoms. The number of ether oxygens (including phenoxy) is 1. The second-order valence-corrected chi connectivity index (χ2v) is 4.71. The van der Waals surface area contributed by atoms with E-state index >= 15 is 0 Å². The van der Waals surface area contributed by atoms with Crippen LogP contribution in [-0.2, 0) is 6.61 Å². The molecule has 0 fully saturated rings. The highest BCUT2D eigenvalue weighted by Gasteiger charge is 2.23. The van der Waals surface area contributed by atoms with Crippen molar-refractivity contribution >= 4 is 10.9 Å². The molecule has 0 unspecified atom stereocenters. The quantitative estimate of drug-likeness (QED) is 0.613. The first kappa shape index (κ1) is 11.3. The number of rotatable bonds is 0. The first-order valence-corrected chi connectivity index (χ1v) is 6.23. The van der Waals surface area contributed by atoms with Crippen LogP contribution in [0.25, 0.3) is 22.0 Å². The van der Waals surface area contributed by atoms with Crippen molar-refractivity contribution in [2.75, 3.05) is 0 Å². The lowest BCUT2D eigenvalue weighted by Crippen LogP contribution is -2.08. The minimum absolute atomic E-state index is 0.113. The summed E-state index contributed by atoms with van der Waals surface area (Å²) in [6, 6.07) is 9.61. The standard InChI is InChI=1S/C16H9F2NO/c17-9-6-12-10-3-4-15-11(2-1-5-19-15)13(10)8-20-16(12)14(18)7-9/h1-7H,8H2. The lowest BCUT2D eigenvalue weighted by molar-refractivity contribution is 0.287. The van der Waals surface area contributed by atoms with Gasteiger partial charge in [-0.3, -0.25) is 4.98 Å². The van der Waals surface area contributed by atoms with Gasteiger partial charge in [0.05, 0.1) is 5.52 Å². The molecule has 0 saturated heterocycles. The SMILES string of the molecule is Fc1cc(F)c2c(c1)-c1ccc3ncccc3c1CO2. The summed E-state index contributed by atoms with van der Waals surface area (Å²) in [5.41, 5.74) is 3.00. The van der Waals surface area contributed by atoms with Crippen LogP contribution in [0.15, 0.2) is 42.6 Å². The Labute approximate surface area is 113 Å². The highest BCUT2D eigenvalue weighted by atomic mass is 19.1. The van der Waals surface area contributed by atoms with Crippen LogP contribution in [0.4, 0.5) is 8.78 Å². The van der Waals surface area contributed by atoms with Crippen molar-refractivity contribution in [3.05, 3.63) is 59.8 Å². The third-order valence-corrected chi connectivity index (χ3v) is 3.56. The molecule has 0 spiro atoms. The fourth-order valence-electron chi connectivity index (χ4n) is 2.67. The van der Waals surface area contributed by atoms with Gasteiger partial charge in [0, 0.05) is 28.8 Å². The van der Waals surface area contributed by atoms with Crippen LogP contribution in [0, 0.1) is 11.6 Å². The van der Waals surface area contributed by atoms with Crippen molar-refractivity contribution < 1.29 is 13.5 Å². The van der Waals surface area contributed by atoms with Crippen molar-refractivity contribution in [1.82, 2.24) is 4.98 Å². The van der Waals surface area contributed by atoms with Crippen LogP contribution in [0.5, 0.6) is 5.75 Å². The molecule has 2 heterocycles. The van der Waals surface area contributed by atoms with E-state index in [-0.39, 0.29) is 12.4 Å². The van der Waals surface area contributed by atoms with Crippen molar-refractivity contribution in [3.8, 4) is 16.9 Å². The monoisotopic (exact) mass is 269 g/mol. The van der Waals surface area contributed by atoms with Crippen molar-refractivity contribution in [3.63, 3.8) is 0 Å². The Balaban J connectivity index is 2.08. The Bertz CT molecular complexity index is 845. The smallest absolute Gasteiger partial charge is 0.168 e. The van der Waals surface area contributed by atoms with Gasteiger partial charge in [-0.2, -0.15) is 0 Å². The predicted octanol–water partition coefficient (Wildman–Crippen LogP) is 4.07. The summed E-state index contributed by atoms with van der Waals surface area (Å²) in [5.74, 6) is -1.16. The topological polar surface area (TPSA) is 22.1 Å². The van der Waals surface area contributed by atoms with Crippen LogP contribution >= 0.6 is 0 Å². The minimum atomic E-state index is -0.670. The first-order chi connectivity index (χ1) is 9.74. The molecule has 2 nitrogen and oxygen atoms in total. The molecule has 0 saturated carbocycles. The number of hydrogen-bond donors (Lipinski definition) is 0. The van der Waals surface area contributed by atoms with Gasteiger partial charge in [0.1, 0.15) is 12.4 Å². The summed E-state index contributed by atoms with van der Waals surface area (Å²) >= 11 is 0. The number of pyridine rings is 1. The Kier molecular flexibility index (Phi) is 2.27. The van der Waals surface area contributed by atoms with E-state index in [2.05, 4.69) is 4.98 Å². The van der Waals surface area contributed by atoms with Gasteiger partial charge >= 0.3 is 0 Å². The van der Waals surface area contributed by atoms with E-state index in [0.717, 1.165) is 28.1 Å². The van der Waals surface area contributed by atoms with E-state index in [1.54, 1.807) is 6.20 Å². The van der Waals surface area contributed by atoms with E-state index in [1.807, 2.05) is 24.3 Å². The molecule has 1 aliphatic heterocycles. The van der Waals surface area contributed by atoms with E-state index in [0.29, 0.717) is 5.56 Å². The van der Waals surface area contributed by atoms with Crippen molar-refractivity contribution in [2.45, 2.75) is 6.61 Å². The molecule has 0 N–H and O–H groups in total. The van der Waals surface area contributed by atoms with Crippen LogP contribution in [0.2, 0.25) is 0 Å². The van der Waals surface area contributed by atoms with Crippen LogP contribution in [0.3, 0.4) is 0 Å². The summed E-state index contributed by atoms with van der Waals surface area (Å²) in [6.45, 7) is 0.258. The third-order valence-electron chi connectivity index (χ3n) is 3.56. The highest BCUT2D eigenvalue weighted by Crippen LogP contribution is 2.41. The zero-order valence-corrected chi connectivity index (χ0v) is 10.4. The Morgan fingerprint density at radius 3 is 2.85 bits per heavy atom. The lowest BCUT2D eigenvalue weighted by atomic mass is 9.93. The second-order valence-electron chi connectivity index (χ2n) is 4.71. The summed E-state index contributed by atoms with van der Waals surface area (Å²) in [4.78, 5) is 4.28. The van der Waals surface area contributed by atoms with Gasteiger partial charge in [-0.05, 0) is 23.8 Å². The number of hydrogen-bond acceptors (Lipinski definition) is 2. The molecule has 2 aromatic carbocycles. The summed E-state index contributed by atoms with van der Waals surface area (Å²) in [6.07, 6.45) is 1.71. The first-order valence-electron chi connectivity index (χ1n) is 6.23. The number of fused-ring (bicyclic) bond motifs is 5. The maximum absolute atomic E-state index is 13.8. The number of halogens is 2. The molecule has 0 atom stereocenters. The number of benzene rings is 2. The van der Waals surface area contributed by atoms with Crippen LogP contribution < -0.4 is 4.74 Å². The molecule has 0 bridgehead atoms. The van der Waals surface area contributed by atoms with E-state index in [4.69, 9.17) is 4.74 Å². The number of aromatic nitrogens is 1. The Hall–Kier alpha value is -2.49. The van der Waals surface area contributed by atoms with Crippen molar-refractivity contribution in [2.24, 2.45) is 0 Å².